The number of ether oxygens (including phenoxy) is 1. The summed E-state index contributed by atoms with van der Waals surface area (Å²) < 4.78 is 40.5. The van der Waals surface area contributed by atoms with Crippen LogP contribution in [0.5, 0.6) is 0 Å². The molecule has 0 saturated carbocycles. The van der Waals surface area contributed by atoms with Crippen molar-refractivity contribution in [3.63, 3.8) is 0 Å². The van der Waals surface area contributed by atoms with E-state index in [0.717, 1.165) is 0 Å². The minimum Gasteiger partial charge on any atom is -0.382 e. The molecule has 6 heteroatoms. The summed E-state index contributed by atoms with van der Waals surface area (Å²) in [5.41, 5.74) is 0. The number of rotatable bonds is 6. The fourth-order valence-electron chi connectivity index (χ4n) is 0.782. The van der Waals surface area contributed by atoms with E-state index in [9.17, 15) is 13.2 Å². The number of hydrogen-bond acceptors (Lipinski definition) is 3. The fourth-order valence-corrected chi connectivity index (χ4v) is 0.782. The molecule has 0 aromatic rings. The summed E-state index contributed by atoms with van der Waals surface area (Å²) in [5.74, 6) is 0. The SMILES string of the molecule is CCOCC(C)NCC(O)C(F)(F)F. The second-order valence-electron chi connectivity index (χ2n) is 3.03. The molecule has 14 heavy (non-hydrogen) atoms. The van der Waals surface area contributed by atoms with Crippen molar-refractivity contribution in [1.29, 1.82) is 0 Å². The lowest BCUT2D eigenvalue weighted by Crippen LogP contribution is -2.42. The van der Waals surface area contributed by atoms with Gasteiger partial charge in [-0.3, -0.25) is 0 Å². The molecule has 0 fully saturated rings. The maximum atomic E-state index is 11.8. The molecule has 0 rings (SSSR count). The zero-order valence-corrected chi connectivity index (χ0v) is 8.27. The van der Waals surface area contributed by atoms with Crippen LogP contribution in [0.4, 0.5) is 13.2 Å². The Morgan fingerprint density at radius 1 is 1.43 bits per heavy atom. The van der Waals surface area contributed by atoms with Crippen molar-refractivity contribution in [1.82, 2.24) is 5.32 Å². The lowest BCUT2D eigenvalue weighted by molar-refractivity contribution is -0.202. The highest BCUT2D eigenvalue weighted by atomic mass is 19.4. The van der Waals surface area contributed by atoms with E-state index in [4.69, 9.17) is 9.84 Å². The molecule has 0 saturated heterocycles. The first-order chi connectivity index (χ1) is 6.38. The smallest absolute Gasteiger partial charge is 0.382 e. The molecule has 0 spiro atoms. The molecule has 0 heterocycles. The summed E-state index contributed by atoms with van der Waals surface area (Å²) in [6.07, 6.45) is -6.87. The van der Waals surface area contributed by atoms with Gasteiger partial charge in [0.1, 0.15) is 0 Å². The van der Waals surface area contributed by atoms with Crippen molar-refractivity contribution in [3.8, 4) is 0 Å². The van der Waals surface area contributed by atoms with Crippen LogP contribution >= 0.6 is 0 Å². The first-order valence-electron chi connectivity index (χ1n) is 4.43. The average molecular weight is 215 g/mol. The van der Waals surface area contributed by atoms with Crippen molar-refractivity contribution in [2.24, 2.45) is 0 Å². The Bertz CT molecular complexity index is 152. The van der Waals surface area contributed by atoms with E-state index in [0.29, 0.717) is 13.2 Å². The van der Waals surface area contributed by atoms with Crippen molar-refractivity contribution in [3.05, 3.63) is 0 Å². The van der Waals surface area contributed by atoms with Gasteiger partial charge >= 0.3 is 6.18 Å². The Morgan fingerprint density at radius 3 is 2.43 bits per heavy atom. The van der Waals surface area contributed by atoms with Crippen LogP contribution in [0, 0.1) is 0 Å². The predicted octanol–water partition coefficient (Wildman–Crippen LogP) is 0.924. The van der Waals surface area contributed by atoms with Gasteiger partial charge in [-0.15, -0.1) is 0 Å². The zero-order valence-electron chi connectivity index (χ0n) is 8.27. The zero-order chi connectivity index (χ0) is 11.2. The average Bonchev–Trinajstić information content (AvgIpc) is 2.09. The molecule has 3 nitrogen and oxygen atoms in total. The van der Waals surface area contributed by atoms with E-state index in [1.165, 1.54) is 0 Å². The number of aliphatic hydroxyl groups is 1. The van der Waals surface area contributed by atoms with E-state index in [-0.39, 0.29) is 6.04 Å². The fraction of sp³-hybridized carbons (Fsp3) is 1.00. The number of nitrogens with one attached hydrogen (secondary N) is 1. The first kappa shape index (κ1) is 13.7. The van der Waals surface area contributed by atoms with E-state index in [2.05, 4.69) is 5.32 Å². The highest BCUT2D eigenvalue weighted by Gasteiger charge is 2.37. The Hall–Kier alpha value is -0.330. The van der Waals surface area contributed by atoms with Gasteiger partial charge in [0.2, 0.25) is 0 Å². The van der Waals surface area contributed by atoms with E-state index in [1.54, 1.807) is 13.8 Å². The van der Waals surface area contributed by atoms with Crippen LogP contribution in [0.2, 0.25) is 0 Å². The van der Waals surface area contributed by atoms with Gasteiger partial charge in [0.15, 0.2) is 6.10 Å². The number of alkyl halides is 3. The lowest BCUT2D eigenvalue weighted by Gasteiger charge is -2.18. The molecule has 0 bridgehead atoms. The molecule has 2 atom stereocenters. The highest BCUT2D eigenvalue weighted by molar-refractivity contribution is 4.70. The largest absolute Gasteiger partial charge is 0.415 e. The molecule has 0 aliphatic heterocycles. The van der Waals surface area contributed by atoms with Crippen molar-refractivity contribution in [2.75, 3.05) is 19.8 Å². The summed E-state index contributed by atoms with van der Waals surface area (Å²) in [4.78, 5) is 0. The number of aliphatic hydroxyl groups excluding tert-OH is 1. The maximum Gasteiger partial charge on any atom is 0.415 e. The maximum absolute atomic E-state index is 11.8. The van der Waals surface area contributed by atoms with Crippen LogP contribution in [0.25, 0.3) is 0 Å². The summed E-state index contributed by atoms with van der Waals surface area (Å²) in [6, 6.07) is -0.202. The van der Waals surface area contributed by atoms with Crippen LogP contribution in [0.1, 0.15) is 13.8 Å². The molecule has 0 aliphatic carbocycles. The van der Waals surface area contributed by atoms with Crippen molar-refractivity contribution >= 4 is 0 Å². The van der Waals surface area contributed by atoms with E-state index < -0.39 is 18.8 Å². The molecular formula is C8H16F3NO2. The molecular weight excluding hydrogens is 199 g/mol. The Balaban J connectivity index is 3.61. The van der Waals surface area contributed by atoms with Gasteiger partial charge in [-0.25, -0.2) is 0 Å². The Morgan fingerprint density at radius 2 is 2.00 bits per heavy atom. The number of hydrogen-bond donors (Lipinski definition) is 2. The minimum atomic E-state index is -4.56. The highest BCUT2D eigenvalue weighted by Crippen LogP contribution is 2.19. The van der Waals surface area contributed by atoms with Gasteiger partial charge in [0.25, 0.3) is 0 Å². The summed E-state index contributed by atoms with van der Waals surface area (Å²) in [7, 11) is 0. The summed E-state index contributed by atoms with van der Waals surface area (Å²) in [6.45, 7) is 3.85. The summed E-state index contributed by atoms with van der Waals surface area (Å²) >= 11 is 0. The molecule has 86 valence electrons. The van der Waals surface area contributed by atoms with Crippen LogP contribution in [0.3, 0.4) is 0 Å². The second kappa shape index (κ2) is 6.21. The molecule has 0 aromatic heterocycles. The van der Waals surface area contributed by atoms with Crippen LogP contribution in [-0.2, 0) is 4.74 Å². The standard InChI is InChI=1S/C8H16F3NO2/c1-3-14-5-6(2)12-4-7(13)8(9,10)11/h6-7,12-13H,3-5H2,1-2H3. The molecule has 2 unspecified atom stereocenters. The van der Waals surface area contributed by atoms with Crippen LogP contribution < -0.4 is 5.32 Å². The quantitative estimate of drug-likeness (QED) is 0.692. The van der Waals surface area contributed by atoms with E-state index >= 15 is 0 Å². The molecule has 0 radical (unpaired) electrons. The number of halogens is 3. The van der Waals surface area contributed by atoms with Gasteiger partial charge in [0, 0.05) is 19.2 Å². The normalized spacial score (nSPS) is 16.7. The molecule has 0 aliphatic rings. The summed E-state index contributed by atoms with van der Waals surface area (Å²) in [5, 5.41) is 11.2. The molecule has 0 amide bonds. The van der Waals surface area contributed by atoms with Gasteiger partial charge in [-0.2, -0.15) is 13.2 Å². The third-order valence-corrected chi connectivity index (χ3v) is 1.61. The third-order valence-electron chi connectivity index (χ3n) is 1.61. The van der Waals surface area contributed by atoms with Crippen molar-refractivity contribution < 1.29 is 23.0 Å². The first-order valence-corrected chi connectivity index (χ1v) is 4.43. The van der Waals surface area contributed by atoms with Gasteiger partial charge in [-0.05, 0) is 13.8 Å². The van der Waals surface area contributed by atoms with E-state index in [1.807, 2.05) is 0 Å². The second-order valence-corrected chi connectivity index (χ2v) is 3.03. The monoisotopic (exact) mass is 215 g/mol. The third kappa shape index (κ3) is 6.17. The molecule has 0 aromatic carbocycles. The van der Waals surface area contributed by atoms with Crippen molar-refractivity contribution in [2.45, 2.75) is 32.2 Å². The Kier molecular flexibility index (Phi) is 6.06. The van der Waals surface area contributed by atoms with Gasteiger partial charge in [-0.1, -0.05) is 0 Å². The topological polar surface area (TPSA) is 41.5 Å². The predicted molar refractivity (Wildman–Crippen MR) is 46.0 cm³/mol. The molecule has 2 N–H and O–H groups in total. The van der Waals surface area contributed by atoms with Gasteiger partial charge in [0.05, 0.1) is 6.61 Å². The minimum absolute atomic E-state index is 0.202. The lowest BCUT2D eigenvalue weighted by atomic mass is 10.3. The van der Waals surface area contributed by atoms with Crippen LogP contribution in [0.15, 0.2) is 0 Å². The van der Waals surface area contributed by atoms with Crippen LogP contribution in [-0.4, -0.2) is 43.2 Å². The Labute approximate surface area is 81.2 Å². The van der Waals surface area contributed by atoms with Gasteiger partial charge < -0.3 is 15.2 Å².